The fraction of sp³-hybridized carbons (Fsp3) is 0.0769. The normalized spacial score (nSPS) is 10.1. The predicted molar refractivity (Wildman–Crippen MR) is 73.4 cm³/mol. The van der Waals surface area contributed by atoms with Crippen LogP contribution in [0.5, 0.6) is 5.75 Å². The van der Waals surface area contributed by atoms with Crippen molar-refractivity contribution in [3.05, 3.63) is 41.8 Å². The zero-order chi connectivity index (χ0) is 14.7. The number of hydrogen-bond donors (Lipinski definition) is 3. The van der Waals surface area contributed by atoms with E-state index in [9.17, 15) is 9.18 Å². The molecule has 2 rings (SSSR count). The van der Waals surface area contributed by atoms with Gasteiger partial charge in [0.2, 0.25) is 0 Å². The molecule has 2 aromatic rings. The maximum Gasteiger partial charge on any atom is 0.250 e. The first kappa shape index (κ1) is 13.6. The monoisotopic (exact) mass is 276 g/mol. The molecular weight excluding hydrogens is 263 g/mol. The summed E-state index contributed by atoms with van der Waals surface area (Å²) in [5.41, 5.74) is 11.2. The predicted octanol–water partition coefficient (Wildman–Crippen LogP) is 1.65. The number of anilines is 3. The summed E-state index contributed by atoms with van der Waals surface area (Å²) < 4.78 is 18.7. The van der Waals surface area contributed by atoms with Crippen LogP contribution in [0.2, 0.25) is 0 Å². The van der Waals surface area contributed by atoms with E-state index in [1.807, 2.05) is 0 Å². The molecule has 1 aromatic carbocycles. The van der Waals surface area contributed by atoms with Crippen LogP contribution < -0.4 is 21.5 Å². The van der Waals surface area contributed by atoms with Gasteiger partial charge in [-0.05, 0) is 18.2 Å². The molecule has 0 spiro atoms. The van der Waals surface area contributed by atoms with Crippen LogP contribution in [0.1, 0.15) is 10.4 Å². The van der Waals surface area contributed by atoms with Gasteiger partial charge in [0.15, 0.2) is 0 Å². The van der Waals surface area contributed by atoms with E-state index < -0.39 is 11.7 Å². The van der Waals surface area contributed by atoms with Gasteiger partial charge in [-0.3, -0.25) is 4.79 Å². The third kappa shape index (κ3) is 2.77. The number of hydrogen-bond acceptors (Lipinski definition) is 5. The number of pyridine rings is 1. The van der Waals surface area contributed by atoms with Gasteiger partial charge in [0.05, 0.1) is 30.2 Å². The number of nitrogen functional groups attached to an aromatic ring is 1. The maximum atomic E-state index is 13.7. The van der Waals surface area contributed by atoms with Crippen molar-refractivity contribution < 1.29 is 13.9 Å². The first-order chi connectivity index (χ1) is 9.51. The summed E-state index contributed by atoms with van der Waals surface area (Å²) >= 11 is 0. The molecule has 0 atom stereocenters. The summed E-state index contributed by atoms with van der Waals surface area (Å²) in [6.07, 6.45) is 1.28. The van der Waals surface area contributed by atoms with Crippen molar-refractivity contribution in [2.24, 2.45) is 5.73 Å². The zero-order valence-electron chi connectivity index (χ0n) is 10.7. The molecule has 6 nitrogen and oxygen atoms in total. The number of primary amides is 1. The standard InChI is InChI=1S/C13H13FN4O2/c1-20-7-2-3-9(14)11(4-7)18-12-5-8(13(16)19)10(15)6-17-12/h2-6H,15H2,1H3,(H2,16,19)(H,17,18). The molecule has 104 valence electrons. The lowest BCUT2D eigenvalue weighted by atomic mass is 10.2. The molecule has 0 radical (unpaired) electrons. The summed E-state index contributed by atoms with van der Waals surface area (Å²) in [6.45, 7) is 0. The number of benzene rings is 1. The molecule has 1 amide bonds. The van der Waals surface area contributed by atoms with E-state index in [1.54, 1.807) is 0 Å². The molecule has 0 saturated carbocycles. The highest BCUT2D eigenvalue weighted by Gasteiger charge is 2.10. The largest absolute Gasteiger partial charge is 0.497 e. The van der Waals surface area contributed by atoms with E-state index in [0.29, 0.717) is 5.75 Å². The molecule has 20 heavy (non-hydrogen) atoms. The Morgan fingerprint density at radius 1 is 1.40 bits per heavy atom. The lowest BCUT2D eigenvalue weighted by molar-refractivity contribution is 0.100. The highest BCUT2D eigenvalue weighted by atomic mass is 19.1. The van der Waals surface area contributed by atoms with Crippen molar-refractivity contribution in [1.29, 1.82) is 0 Å². The molecule has 0 bridgehead atoms. The first-order valence-corrected chi connectivity index (χ1v) is 5.67. The molecule has 7 heteroatoms. The van der Waals surface area contributed by atoms with Crippen LogP contribution >= 0.6 is 0 Å². The molecule has 0 fully saturated rings. The van der Waals surface area contributed by atoms with Crippen molar-refractivity contribution in [2.45, 2.75) is 0 Å². The highest BCUT2D eigenvalue weighted by Crippen LogP contribution is 2.25. The lowest BCUT2D eigenvalue weighted by Gasteiger charge is -2.10. The number of aromatic nitrogens is 1. The molecule has 1 heterocycles. The van der Waals surface area contributed by atoms with Crippen molar-refractivity contribution >= 4 is 23.1 Å². The maximum absolute atomic E-state index is 13.7. The summed E-state index contributed by atoms with van der Waals surface area (Å²) in [4.78, 5) is 15.1. The van der Waals surface area contributed by atoms with Gasteiger partial charge in [0, 0.05) is 6.07 Å². The Bertz CT molecular complexity index is 661. The number of nitrogens with two attached hydrogens (primary N) is 2. The fourth-order valence-electron chi connectivity index (χ4n) is 1.61. The molecule has 0 aliphatic rings. The van der Waals surface area contributed by atoms with Crippen molar-refractivity contribution in [2.75, 3.05) is 18.2 Å². The number of nitrogens with zero attached hydrogens (tertiary/aromatic N) is 1. The number of rotatable bonds is 4. The number of ether oxygens (including phenoxy) is 1. The Balaban J connectivity index is 2.35. The topological polar surface area (TPSA) is 103 Å². The van der Waals surface area contributed by atoms with E-state index in [-0.39, 0.29) is 22.8 Å². The molecule has 0 aliphatic carbocycles. The fourth-order valence-corrected chi connectivity index (χ4v) is 1.61. The van der Waals surface area contributed by atoms with Crippen molar-refractivity contribution in [1.82, 2.24) is 4.98 Å². The minimum atomic E-state index is -0.681. The van der Waals surface area contributed by atoms with E-state index in [0.717, 1.165) is 0 Å². The van der Waals surface area contributed by atoms with Gasteiger partial charge >= 0.3 is 0 Å². The number of amides is 1. The van der Waals surface area contributed by atoms with Crippen LogP contribution in [0.15, 0.2) is 30.5 Å². The van der Waals surface area contributed by atoms with E-state index >= 15 is 0 Å². The third-order valence-corrected chi connectivity index (χ3v) is 2.64. The smallest absolute Gasteiger partial charge is 0.250 e. The average molecular weight is 276 g/mol. The van der Waals surface area contributed by atoms with Crippen LogP contribution in [0.4, 0.5) is 21.6 Å². The van der Waals surface area contributed by atoms with Crippen LogP contribution in [0.3, 0.4) is 0 Å². The van der Waals surface area contributed by atoms with Gasteiger partial charge in [0.1, 0.15) is 17.4 Å². The van der Waals surface area contributed by atoms with Gasteiger partial charge in [-0.2, -0.15) is 0 Å². The van der Waals surface area contributed by atoms with E-state index in [4.69, 9.17) is 16.2 Å². The lowest BCUT2D eigenvalue weighted by Crippen LogP contribution is -2.14. The van der Waals surface area contributed by atoms with Gasteiger partial charge in [0.25, 0.3) is 5.91 Å². The second kappa shape index (κ2) is 5.43. The van der Waals surface area contributed by atoms with Crippen LogP contribution in [-0.2, 0) is 0 Å². The Morgan fingerprint density at radius 3 is 2.80 bits per heavy atom. The van der Waals surface area contributed by atoms with Gasteiger partial charge in [-0.1, -0.05) is 0 Å². The van der Waals surface area contributed by atoms with Crippen LogP contribution in [-0.4, -0.2) is 18.0 Å². The Hall–Kier alpha value is -2.83. The van der Waals surface area contributed by atoms with Gasteiger partial charge in [-0.25, -0.2) is 9.37 Å². The van der Waals surface area contributed by atoms with Crippen molar-refractivity contribution in [3.8, 4) is 5.75 Å². The Morgan fingerprint density at radius 2 is 2.15 bits per heavy atom. The van der Waals surface area contributed by atoms with Gasteiger partial charge < -0.3 is 21.5 Å². The minimum absolute atomic E-state index is 0.116. The molecule has 1 aromatic heterocycles. The summed E-state index contributed by atoms with van der Waals surface area (Å²) in [5.74, 6) is -0.427. The minimum Gasteiger partial charge on any atom is -0.497 e. The Kier molecular flexibility index (Phi) is 3.69. The zero-order valence-corrected chi connectivity index (χ0v) is 10.7. The average Bonchev–Trinajstić information content (AvgIpc) is 2.43. The molecule has 0 saturated heterocycles. The number of nitrogens with one attached hydrogen (secondary N) is 1. The first-order valence-electron chi connectivity index (χ1n) is 5.67. The second-order valence-electron chi connectivity index (χ2n) is 3.99. The van der Waals surface area contributed by atoms with Gasteiger partial charge in [-0.15, -0.1) is 0 Å². The molecule has 0 unspecified atom stereocenters. The van der Waals surface area contributed by atoms with Crippen LogP contribution in [0.25, 0.3) is 0 Å². The molecular formula is C13H13FN4O2. The molecule has 0 aliphatic heterocycles. The quantitative estimate of drug-likeness (QED) is 0.787. The van der Waals surface area contributed by atoms with Crippen molar-refractivity contribution in [3.63, 3.8) is 0 Å². The van der Waals surface area contributed by atoms with E-state index in [2.05, 4.69) is 10.3 Å². The SMILES string of the molecule is COc1ccc(F)c(Nc2cc(C(N)=O)c(N)cn2)c1. The number of carbonyl (C=O) groups excluding carboxylic acids is 1. The van der Waals surface area contributed by atoms with E-state index in [1.165, 1.54) is 37.6 Å². The number of methoxy groups -OCH3 is 1. The number of carbonyl (C=O) groups is 1. The second-order valence-corrected chi connectivity index (χ2v) is 3.99. The third-order valence-electron chi connectivity index (χ3n) is 2.64. The highest BCUT2D eigenvalue weighted by molar-refractivity contribution is 5.98. The summed E-state index contributed by atoms with van der Waals surface area (Å²) in [5, 5.41) is 2.74. The van der Waals surface area contributed by atoms with Crippen LogP contribution in [0, 0.1) is 5.82 Å². The summed E-state index contributed by atoms with van der Waals surface area (Å²) in [7, 11) is 1.48. The number of halogens is 1. The Labute approximate surface area is 114 Å². The summed E-state index contributed by atoms with van der Waals surface area (Å²) in [6, 6.07) is 5.58. The molecule has 5 N–H and O–H groups in total.